The van der Waals surface area contributed by atoms with Crippen molar-refractivity contribution in [2.75, 3.05) is 13.7 Å². The number of hydrogen-bond donors (Lipinski definition) is 3. The van der Waals surface area contributed by atoms with E-state index in [0.717, 1.165) is 36.0 Å². The summed E-state index contributed by atoms with van der Waals surface area (Å²) in [7, 11) is 1.58. The summed E-state index contributed by atoms with van der Waals surface area (Å²) in [4.78, 5) is 37.9. The summed E-state index contributed by atoms with van der Waals surface area (Å²) in [6.07, 6.45) is 3.70. The third kappa shape index (κ3) is 4.86. The molecular formula is C33H38N2O8. The first kappa shape index (κ1) is 29.2. The lowest BCUT2D eigenvalue weighted by molar-refractivity contribution is -0.171. The Morgan fingerprint density at radius 3 is 2.74 bits per heavy atom. The topological polar surface area (TPSA) is 146 Å². The van der Waals surface area contributed by atoms with E-state index in [1.165, 1.54) is 6.92 Å². The molecule has 6 rings (SSSR count). The molecule has 0 aromatic heterocycles. The molecule has 3 aliphatic carbocycles. The SMILES string of the molecule is COc1ccc2c3c1O[C@H]1C(OC(=O)[C@H](C)OC(=O)CCNC(=O)[C@@H](N)Cc4ccccc4)=CC[C@@]4(O)[C@H](CCC[C@]314)C2. The summed E-state index contributed by atoms with van der Waals surface area (Å²) >= 11 is 0. The van der Waals surface area contributed by atoms with Gasteiger partial charge in [-0.2, -0.15) is 0 Å². The number of benzene rings is 2. The lowest BCUT2D eigenvalue weighted by atomic mass is 9.47. The van der Waals surface area contributed by atoms with Crippen LogP contribution in [0.5, 0.6) is 11.5 Å². The zero-order valence-corrected chi connectivity index (χ0v) is 24.5. The van der Waals surface area contributed by atoms with Gasteiger partial charge >= 0.3 is 11.9 Å². The fraction of sp³-hybridized carbons (Fsp3) is 0.485. The molecule has 4 aliphatic rings. The van der Waals surface area contributed by atoms with Crippen LogP contribution in [0, 0.1) is 5.92 Å². The van der Waals surface area contributed by atoms with Gasteiger partial charge in [-0.25, -0.2) is 4.79 Å². The highest BCUT2D eigenvalue weighted by Gasteiger charge is 2.71. The van der Waals surface area contributed by atoms with Gasteiger partial charge in [0.2, 0.25) is 5.91 Å². The molecule has 1 fully saturated rings. The van der Waals surface area contributed by atoms with E-state index >= 15 is 0 Å². The second-order valence-corrected chi connectivity index (χ2v) is 12.0. The van der Waals surface area contributed by atoms with Gasteiger partial charge in [0.05, 0.1) is 30.6 Å². The Balaban J connectivity index is 1.07. The first-order chi connectivity index (χ1) is 20.7. The van der Waals surface area contributed by atoms with Crippen LogP contribution in [0.1, 0.15) is 55.7 Å². The second kappa shape index (κ2) is 11.3. The molecule has 1 amide bonds. The van der Waals surface area contributed by atoms with E-state index in [1.54, 1.807) is 13.2 Å². The van der Waals surface area contributed by atoms with Crippen molar-refractivity contribution in [1.29, 1.82) is 0 Å². The summed E-state index contributed by atoms with van der Waals surface area (Å²) in [6, 6.07) is 12.6. The summed E-state index contributed by atoms with van der Waals surface area (Å²) in [5.41, 5.74) is 7.24. The average Bonchev–Trinajstić information content (AvgIpc) is 3.34. The Kier molecular flexibility index (Phi) is 7.68. The van der Waals surface area contributed by atoms with Crippen molar-refractivity contribution in [3.63, 3.8) is 0 Å². The molecule has 2 aromatic rings. The van der Waals surface area contributed by atoms with Crippen LogP contribution in [-0.4, -0.2) is 60.5 Å². The van der Waals surface area contributed by atoms with E-state index in [-0.39, 0.29) is 24.8 Å². The molecule has 0 unspecified atom stereocenters. The molecule has 10 nitrogen and oxygen atoms in total. The van der Waals surface area contributed by atoms with E-state index in [4.69, 9.17) is 24.7 Å². The van der Waals surface area contributed by atoms with Crippen LogP contribution in [0.15, 0.2) is 54.3 Å². The quantitative estimate of drug-likeness (QED) is 0.356. The van der Waals surface area contributed by atoms with E-state index in [1.807, 2.05) is 42.5 Å². The number of ether oxygens (including phenoxy) is 4. The average molecular weight is 591 g/mol. The Morgan fingerprint density at radius 1 is 1.19 bits per heavy atom. The molecule has 0 radical (unpaired) electrons. The number of rotatable bonds is 10. The van der Waals surface area contributed by atoms with Crippen LogP contribution in [-0.2, 0) is 42.1 Å². The number of hydrogen-bond acceptors (Lipinski definition) is 9. The van der Waals surface area contributed by atoms with Crippen molar-refractivity contribution in [2.24, 2.45) is 11.7 Å². The lowest BCUT2D eigenvalue weighted by Gasteiger charge is -2.59. The van der Waals surface area contributed by atoms with Crippen molar-refractivity contribution in [1.82, 2.24) is 5.32 Å². The van der Waals surface area contributed by atoms with E-state index < -0.39 is 41.2 Å². The largest absolute Gasteiger partial charge is 0.493 e. The number of methoxy groups -OCH3 is 1. The van der Waals surface area contributed by atoms with Gasteiger partial charge in [0.1, 0.15) is 5.76 Å². The van der Waals surface area contributed by atoms with Crippen LogP contribution in [0.25, 0.3) is 0 Å². The molecule has 228 valence electrons. The molecule has 4 N–H and O–H groups in total. The first-order valence-corrected chi connectivity index (χ1v) is 15.0. The second-order valence-electron chi connectivity index (χ2n) is 12.0. The number of carbonyl (C=O) groups is 3. The number of nitrogens with one attached hydrogen (secondary N) is 1. The van der Waals surface area contributed by atoms with Crippen LogP contribution in [0.2, 0.25) is 0 Å². The highest BCUT2D eigenvalue weighted by molar-refractivity contribution is 5.83. The molecule has 43 heavy (non-hydrogen) atoms. The summed E-state index contributed by atoms with van der Waals surface area (Å²) < 4.78 is 23.2. The van der Waals surface area contributed by atoms with Crippen molar-refractivity contribution in [3.05, 3.63) is 71.0 Å². The van der Waals surface area contributed by atoms with Crippen LogP contribution >= 0.6 is 0 Å². The van der Waals surface area contributed by atoms with Gasteiger partial charge < -0.3 is 35.1 Å². The summed E-state index contributed by atoms with van der Waals surface area (Å²) in [5, 5.41) is 14.8. The summed E-state index contributed by atoms with van der Waals surface area (Å²) in [6.45, 7) is 1.46. The minimum atomic E-state index is -1.19. The molecule has 2 bridgehead atoms. The third-order valence-electron chi connectivity index (χ3n) is 9.59. The summed E-state index contributed by atoms with van der Waals surface area (Å²) in [5.74, 6) is -0.228. The maximum absolute atomic E-state index is 13.1. The zero-order valence-electron chi connectivity index (χ0n) is 24.5. The van der Waals surface area contributed by atoms with E-state index in [2.05, 4.69) is 5.32 Å². The smallest absolute Gasteiger partial charge is 0.352 e. The molecule has 0 saturated heterocycles. The first-order valence-electron chi connectivity index (χ1n) is 15.0. The van der Waals surface area contributed by atoms with E-state index in [9.17, 15) is 19.5 Å². The van der Waals surface area contributed by atoms with Gasteiger partial charge in [-0.15, -0.1) is 0 Å². The number of nitrogens with two attached hydrogens (primary N) is 1. The van der Waals surface area contributed by atoms with Crippen molar-refractivity contribution < 1.29 is 38.4 Å². The zero-order chi connectivity index (χ0) is 30.4. The fourth-order valence-electron chi connectivity index (χ4n) is 7.56. The molecule has 1 aliphatic heterocycles. The van der Waals surface area contributed by atoms with Crippen molar-refractivity contribution in [3.8, 4) is 11.5 Å². The van der Waals surface area contributed by atoms with Gasteiger partial charge in [-0.05, 0) is 68.2 Å². The van der Waals surface area contributed by atoms with E-state index in [0.29, 0.717) is 36.5 Å². The Hall–Kier alpha value is -3.89. The van der Waals surface area contributed by atoms with Crippen LogP contribution in [0.3, 0.4) is 0 Å². The molecule has 1 saturated carbocycles. The molecule has 1 heterocycles. The van der Waals surface area contributed by atoms with Crippen molar-refractivity contribution >= 4 is 17.8 Å². The highest BCUT2D eigenvalue weighted by atomic mass is 16.6. The molecule has 6 atom stereocenters. The Bertz CT molecular complexity index is 1460. The maximum atomic E-state index is 13.1. The van der Waals surface area contributed by atoms with Crippen LogP contribution in [0.4, 0.5) is 0 Å². The molecule has 10 heteroatoms. The minimum absolute atomic E-state index is 0.0215. The number of aliphatic hydroxyl groups is 1. The third-order valence-corrected chi connectivity index (χ3v) is 9.59. The number of esters is 2. The highest BCUT2D eigenvalue weighted by Crippen LogP contribution is 2.67. The Morgan fingerprint density at radius 2 is 1.98 bits per heavy atom. The van der Waals surface area contributed by atoms with Gasteiger partial charge in [0.25, 0.3) is 0 Å². The lowest BCUT2D eigenvalue weighted by Crippen LogP contribution is -2.67. The van der Waals surface area contributed by atoms with Gasteiger partial charge in [0, 0.05) is 12.1 Å². The monoisotopic (exact) mass is 590 g/mol. The van der Waals surface area contributed by atoms with Crippen LogP contribution < -0.4 is 20.5 Å². The standard InChI is InChI=1S/C33H38N2O8/c1-19(41-26(36)13-16-35-30(37)23(34)17-20-7-4-3-5-8-20)31(38)42-25-12-15-33(39)22-9-6-14-32(33)27-21(18-22)10-11-24(40-2)28(27)43-29(25)32/h3-5,7-8,10-12,19,22-23,29,39H,6,9,13-18,34H2,1-2H3,(H,35,37)/t19-,22+,23-,29-,32-,33+/m0/s1. The molecule has 2 aromatic carbocycles. The molecule has 1 spiro atoms. The predicted octanol–water partition coefficient (Wildman–Crippen LogP) is 2.62. The Labute approximate surface area is 250 Å². The fourth-order valence-corrected chi connectivity index (χ4v) is 7.56. The number of carbonyl (C=O) groups excluding carboxylic acids is 3. The normalized spacial score (nSPS) is 27.5. The predicted molar refractivity (Wildman–Crippen MR) is 155 cm³/mol. The molecular weight excluding hydrogens is 552 g/mol. The van der Waals surface area contributed by atoms with Gasteiger partial charge in [-0.3, -0.25) is 9.59 Å². The maximum Gasteiger partial charge on any atom is 0.352 e. The minimum Gasteiger partial charge on any atom is -0.493 e. The van der Waals surface area contributed by atoms with Gasteiger partial charge in [-0.1, -0.05) is 42.8 Å². The number of amides is 1. The van der Waals surface area contributed by atoms with Gasteiger partial charge in [0.15, 0.2) is 23.7 Å². The van der Waals surface area contributed by atoms with Crippen molar-refractivity contribution in [2.45, 2.75) is 81.1 Å².